The minimum Gasteiger partial charge on any atom is -0.416 e. The van der Waals surface area contributed by atoms with Gasteiger partial charge in [0.15, 0.2) is 0 Å². The first-order valence-corrected chi connectivity index (χ1v) is 1.97. The third-order valence-corrected chi connectivity index (χ3v) is 0.689. The molecular formula is C4H7NO. The van der Waals surface area contributed by atoms with Gasteiger partial charge < -0.3 is 4.84 Å². The average molecular weight is 85.1 g/mol. The first-order chi connectivity index (χ1) is 2.89. The fourth-order valence-corrected chi connectivity index (χ4v) is 0.343. The highest BCUT2D eigenvalue weighted by atomic mass is 16.6. The Hall–Kier alpha value is -0.500. The lowest BCUT2D eigenvalue weighted by atomic mass is 10.4. The molecule has 1 aliphatic rings. The number of hydrogen-bond donors (Lipinski definition) is 1. The SMILES string of the molecule is CC1C=CON1. The lowest BCUT2D eigenvalue weighted by molar-refractivity contribution is 0.146. The fraction of sp³-hybridized carbons (Fsp3) is 0.500. The minimum absolute atomic E-state index is 0.394. The van der Waals surface area contributed by atoms with Gasteiger partial charge in [0.2, 0.25) is 0 Å². The Bertz CT molecular complexity index is 69.9. The van der Waals surface area contributed by atoms with Crippen LogP contribution >= 0.6 is 0 Å². The van der Waals surface area contributed by atoms with E-state index in [-0.39, 0.29) is 0 Å². The molecule has 0 aromatic rings. The average Bonchev–Trinajstić information content (AvgIpc) is 1.86. The highest BCUT2D eigenvalue weighted by molar-refractivity contribution is 4.87. The fourth-order valence-electron chi connectivity index (χ4n) is 0.343. The molecule has 6 heavy (non-hydrogen) atoms. The Kier molecular flexibility index (Phi) is 0.801. The largest absolute Gasteiger partial charge is 0.416 e. The zero-order valence-corrected chi connectivity index (χ0v) is 3.64. The van der Waals surface area contributed by atoms with E-state index in [0.717, 1.165) is 0 Å². The lowest BCUT2D eigenvalue weighted by Gasteiger charge is -1.94. The van der Waals surface area contributed by atoms with Gasteiger partial charge >= 0.3 is 0 Å². The van der Waals surface area contributed by atoms with Gasteiger partial charge in [0.25, 0.3) is 0 Å². The van der Waals surface area contributed by atoms with Crippen LogP contribution in [0.4, 0.5) is 0 Å². The topological polar surface area (TPSA) is 21.3 Å². The van der Waals surface area contributed by atoms with Crippen molar-refractivity contribution in [3.05, 3.63) is 12.3 Å². The van der Waals surface area contributed by atoms with Crippen molar-refractivity contribution in [3.63, 3.8) is 0 Å². The summed E-state index contributed by atoms with van der Waals surface area (Å²) in [5.41, 5.74) is 2.71. The second kappa shape index (κ2) is 1.30. The summed E-state index contributed by atoms with van der Waals surface area (Å²) >= 11 is 0. The summed E-state index contributed by atoms with van der Waals surface area (Å²) in [6.45, 7) is 2.02. The maximum absolute atomic E-state index is 4.63. The van der Waals surface area contributed by atoms with Crippen LogP contribution in [0.2, 0.25) is 0 Å². The summed E-state index contributed by atoms with van der Waals surface area (Å²) in [6, 6.07) is 0.394. The van der Waals surface area contributed by atoms with E-state index < -0.39 is 0 Å². The summed E-state index contributed by atoms with van der Waals surface area (Å²) in [5.74, 6) is 0. The quantitative estimate of drug-likeness (QED) is 0.460. The summed E-state index contributed by atoms with van der Waals surface area (Å²) < 4.78 is 0. The molecule has 0 aromatic carbocycles. The molecule has 0 bridgehead atoms. The van der Waals surface area contributed by atoms with Crippen LogP contribution in [-0.4, -0.2) is 6.04 Å². The van der Waals surface area contributed by atoms with Gasteiger partial charge in [-0.3, -0.25) is 0 Å². The predicted octanol–water partition coefficient (Wildman–Crippen LogP) is 0.423. The maximum Gasteiger partial charge on any atom is 0.109 e. The van der Waals surface area contributed by atoms with Crippen LogP contribution in [0.3, 0.4) is 0 Å². The van der Waals surface area contributed by atoms with Crippen molar-refractivity contribution >= 4 is 0 Å². The Labute approximate surface area is 36.8 Å². The van der Waals surface area contributed by atoms with Crippen molar-refractivity contribution in [2.75, 3.05) is 0 Å². The van der Waals surface area contributed by atoms with E-state index in [4.69, 9.17) is 0 Å². The molecule has 1 atom stereocenters. The van der Waals surface area contributed by atoms with Crippen LogP contribution < -0.4 is 5.48 Å². The normalized spacial score (nSPS) is 30.5. The van der Waals surface area contributed by atoms with E-state index in [9.17, 15) is 0 Å². The van der Waals surface area contributed by atoms with E-state index >= 15 is 0 Å². The van der Waals surface area contributed by atoms with Crippen LogP contribution in [0.1, 0.15) is 6.92 Å². The Morgan fingerprint density at radius 1 is 1.83 bits per heavy atom. The van der Waals surface area contributed by atoms with Crippen molar-refractivity contribution in [1.82, 2.24) is 5.48 Å². The molecule has 0 saturated heterocycles. The van der Waals surface area contributed by atoms with E-state index in [1.165, 1.54) is 0 Å². The molecule has 0 amide bonds. The second-order valence-corrected chi connectivity index (χ2v) is 1.35. The molecule has 2 nitrogen and oxygen atoms in total. The predicted molar refractivity (Wildman–Crippen MR) is 22.8 cm³/mol. The Morgan fingerprint density at radius 2 is 2.67 bits per heavy atom. The van der Waals surface area contributed by atoms with Crippen LogP contribution in [0.5, 0.6) is 0 Å². The molecule has 0 radical (unpaired) electrons. The first-order valence-electron chi connectivity index (χ1n) is 1.97. The van der Waals surface area contributed by atoms with Gasteiger partial charge in [0.05, 0.1) is 6.04 Å². The summed E-state index contributed by atoms with van der Waals surface area (Å²) in [4.78, 5) is 4.63. The summed E-state index contributed by atoms with van der Waals surface area (Å²) in [6.07, 6.45) is 3.59. The highest BCUT2D eigenvalue weighted by Gasteiger charge is 1.98. The van der Waals surface area contributed by atoms with Crippen LogP contribution in [0.15, 0.2) is 12.3 Å². The van der Waals surface area contributed by atoms with Crippen LogP contribution in [0.25, 0.3) is 0 Å². The molecule has 1 unspecified atom stereocenters. The van der Waals surface area contributed by atoms with Crippen LogP contribution in [-0.2, 0) is 4.84 Å². The number of hydrogen-bond acceptors (Lipinski definition) is 2. The van der Waals surface area contributed by atoms with E-state index in [0.29, 0.717) is 6.04 Å². The molecule has 0 spiro atoms. The Morgan fingerprint density at radius 3 is 2.83 bits per heavy atom. The van der Waals surface area contributed by atoms with Crippen molar-refractivity contribution in [2.24, 2.45) is 0 Å². The maximum atomic E-state index is 4.63. The summed E-state index contributed by atoms with van der Waals surface area (Å²) in [7, 11) is 0. The Balaban J connectivity index is 2.38. The molecule has 1 N–H and O–H groups in total. The molecule has 0 aromatic heterocycles. The van der Waals surface area contributed by atoms with Gasteiger partial charge in [0.1, 0.15) is 6.26 Å². The van der Waals surface area contributed by atoms with E-state index in [1.54, 1.807) is 6.26 Å². The number of nitrogens with one attached hydrogen (secondary N) is 1. The van der Waals surface area contributed by atoms with Crippen molar-refractivity contribution in [3.8, 4) is 0 Å². The van der Waals surface area contributed by atoms with Gasteiger partial charge in [0, 0.05) is 0 Å². The van der Waals surface area contributed by atoms with Gasteiger partial charge in [-0.1, -0.05) is 0 Å². The number of hydroxylamine groups is 1. The minimum atomic E-state index is 0.394. The third-order valence-electron chi connectivity index (χ3n) is 0.689. The monoisotopic (exact) mass is 85.1 g/mol. The standard InChI is InChI=1S/C4H7NO/c1-4-2-3-6-5-4/h2-5H,1H3. The van der Waals surface area contributed by atoms with Crippen LogP contribution in [0, 0.1) is 0 Å². The van der Waals surface area contributed by atoms with Crippen molar-refractivity contribution in [1.29, 1.82) is 0 Å². The molecule has 0 fully saturated rings. The molecule has 2 heteroatoms. The second-order valence-electron chi connectivity index (χ2n) is 1.35. The zero-order chi connectivity index (χ0) is 4.41. The van der Waals surface area contributed by atoms with Gasteiger partial charge in [-0.05, 0) is 13.0 Å². The summed E-state index contributed by atoms with van der Waals surface area (Å²) in [5, 5.41) is 0. The van der Waals surface area contributed by atoms with Crippen molar-refractivity contribution < 1.29 is 4.84 Å². The number of rotatable bonds is 0. The zero-order valence-electron chi connectivity index (χ0n) is 3.64. The molecule has 1 aliphatic heterocycles. The molecule has 1 heterocycles. The smallest absolute Gasteiger partial charge is 0.109 e. The lowest BCUT2D eigenvalue weighted by Crippen LogP contribution is -2.15. The van der Waals surface area contributed by atoms with Gasteiger partial charge in [-0.25, -0.2) is 0 Å². The van der Waals surface area contributed by atoms with E-state index in [2.05, 4.69) is 10.3 Å². The first kappa shape index (κ1) is 3.68. The molecular weight excluding hydrogens is 78.0 g/mol. The van der Waals surface area contributed by atoms with Gasteiger partial charge in [-0.2, -0.15) is 5.48 Å². The van der Waals surface area contributed by atoms with Crippen molar-refractivity contribution in [2.45, 2.75) is 13.0 Å². The molecule has 0 aliphatic carbocycles. The molecule has 0 saturated carbocycles. The third kappa shape index (κ3) is 0.518. The molecule has 34 valence electrons. The van der Waals surface area contributed by atoms with Gasteiger partial charge in [-0.15, -0.1) is 0 Å². The highest BCUT2D eigenvalue weighted by Crippen LogP contribution is 1.91. The van der Waals surface area contributed by atoms with E-state index in [1.807, 2.05) is 13.0 Å². The molecule has 1 rings (SSSR count).